The number of aliphatic imine (C=N–C) groups is 1. The highest BCUT2D eigenvalue weighted by Crippen LogP contribution is 2.12. The molecule has 0 saturated heterocycles. The number of hydrogen-bond acceptors (Lipinski definition) is 14. The molecule has 0 aromatic carbocycles. The second-order valence-corrected chi connectivity index (χ2v) is 19.0. The molecule has 0 aliphatic rings. The Morgan fingerprint density at radius 1 is 0.720 bits per heavy atom. The fourth-order valence-corrected chi connectivity index (χ4v) is 7.21. The minimum Gasteiger partial charge on any atom is -0.481 e. The van der Waals surface area contributed by atoms with E-state index < -0.39 is 127 Å². The molecule has 0 aliphatic carbocycles. The van der Waals surface area contributed by atoms with Crippen LogP contribution in [0.3, 0.4) is 0 Å². The Morgan fingerprint density at radius 2 is 1.31 bits per heavy atom. The number of guanidine groups is 1. The van der Waals surface area contributed by atoms with Gasteiger partial charge in [0.05, 0.1) is 38.2 Å². The summed E-state index contributed by atoms with van der Waals surface area (Å²) in [5.74, 6) is -10.8. The minimum atomic E-state index is -1.76. The molecule has 2 aromatic rings. The maximum atomic E-state index is 14.2. The molecule has 15 N–H and O–H groups in total. The number of aromatic nitrogens is 5. The number of hydrogen-bond donors (Lipinski definition) is 13. The van der Waals surface area contributed by atoms with E-state index in [0.717, 1.165) is 0 Å². The van der Waals surface area contributed by atoms with E-state index in [2.05, 4.69) is 67.8 Å². The van der Waals surface area contributed by atoms with E-state index in [1.165, 1.54) is 24.1 Å². The highest BCUT2D eigenvalue weighted by molar-refractivity contribution is 5.98. The molecule has 418 valence electrons. The fourth-order valence-electron chi connectivity index (χ4n) is 7.21. The number of carboxylic acids is 2. The molecule has 0 bridgehead atoms. The molecule has 2 heterocycles. The van der Waals surface area contributed by atoms with E-state index >= 15 is 0 Å². The molecular formula is C46H75FN16O12. The second kappa shape index (κ2) is 32.4. The molecule has 29 heteroatoms. The number of rotatable bonds is 35. The third-order valence-corrected chi connectivity index (χ3v) is 11.0. The number of nitrogens with zero attached hydrogens (tertiary/aromatic N) is 5. The molecule has 0 fully saturated rings. The zero-order valence-corrected chi connectivity index (χ0v) is 43.4. The molecule has 28 nitrogen and oxygen atoms in total. The number of aliphatic carboxylic acids is 2. The lowest BCUT2D eigenvalue weighted by atomic mass is 9.98. The third-order valence-electron chi connectivity index (χ3n) is 11.0. The lowest BCUT2D eigenvalue weighted by Gasteiger charge is -2.29. The minimum absolute atomic E-state index is 0.0248. The van der Waals surface area contributed by atoms with Crippen LogP contribution in [-0.2, 0) is 67.3 Å². The number of carboxylic acid groups (broad SMARTS) is 2. The topological polar surface area (TPSA) is 431 Å². The summed E-state index contributed by atoms with van der Waals surface area (Å²) in [5.41, 5.74) is 11.6. The summed E-state index contributed by atoms with van der Waals surface area (Å²) < 4.78 is 13.9. The summed E-state index contributed by atoms with van der Waals surface area (Å²) in [4.78, 5) is 142. The number of nitrogens with one attached hydrogen (secondary N) is 9. The van der Waals surface area contributed by atoms with Crippen LogP contribution in [-0.4, -0.2) is 162 Å². The quantitative estimate of drug-likeness (QED) is 0.0192. The number of amides is 8. The standard InChI is InChI=1S/C46H75FN16O12/c1-24(2)16-31(57-42(71)34(19-37(66)67)55-36(65)21-52-39(68)27(7)54-35(64)12-15-63-22-28(61-62-63)10-8-13-47)41(70)58-33(18-29-20-50-23-53-29)43(72)60-38(26(5)6)44(73)59-32(17-25(3)4)40(69)56-30(45(74)75)11-9-14-51-46(48)49/h20,22-27,30-34,38H,8-19,21H2,1-7H3,(H,50,53)(H,52,68)(H,54,64)(H,55,65)(H,56,69)(H,57,71)(H,58,70)(H,59,73)(H,60,72)(H,66,67)(H,74,75)(H4,48,49,51)/t27-,30-,31-,32-,33-,34-,38-/m0/s1/i47-1. The van der Waals surface area contributed by atoms with Crippen molar-refractivity contribution in [2.45, 2.75) is 155 Å². The van der Waals surface area contributed by atoms with Gasteiger partial charge in [0.1, 0.15) is 42.3 Å². The first-order chi connectivity index (χ1) is 35.3. The predicted molar refractivity (Wildman–Crippen MR) is 267 cm³/mol. The number of H-pyrrole nitrogens is 1. The summed E-state index contributed by atoms with van der Waals surface area (Å²) in [6, 6.07) is -9.61. The number of carbonyl (C=O) groups is 10. The van der Waals surface area contributed by atoms with Gasteiger partial charge in [-0.25, -0.2) is 9.78 Å². The van der Waals surface area contributed by atoms with Crippen molar-refractivity contribution < 1.29 is 62.5 Å². The first kappa shape index (κ1) is 63.4. The van der Waals surface area contributed by atoms with Gasteiger partial charge in [0.25, 0.3) is 0 Å². The Kier molecular flexibility index (Phi) is 27.4. The van der Waals surface area contributed by atoms with Gasteiger partial charge in [-0.05, 0) is 63.2 Å². The molecular weight excluding hydrogens is 987 g/mol. The van der Waals surface area contributed by atoms with Crippen LogP contribution in [0.5, 0.6) is 0 Å². The summed E-state index contributed by atoms with van der Waals surface area (Å²) >= 11 is 0. The van der Waals surface area contributed by atoms with E-state index in [1.807, 2.05) is 0 Å². The van der Waals surface area contributed by atoms with Gasteiger partial charge >= 0.3 is 11.9 Å². The molecule has 2 aromatic heterocycles. The first-order valence-corrected chi connectivity index (χ1v) is 24.6. The van der Waals surface area contributed by atoms with Crippen molar-refractivity contribution in [3.05, 3.63) is 30.1 Å². The Hall–Kier alpha value is -7.75. The summed E-state index contributed by atoms with van der Waals surface area (Å²) in [5, 5.41) is 47.1. The summed E-state index contributed by atoms with van der Waals surface area (Å²) in [6.07, 6.45) is 3.97. The van der Waals surface area contributed by atoms with Crippen molar-refractivity contribution >= 4 is 65.2 Å². The van der Waals surface area contributed by atoms with Crippen LogP contribution < -0.4 is 54.0 Å². The van der Waals surface area contributed by atoms with Gasteiger partial charge in [-0.2, -0.15) is 0 Å². The van der Waals surface area contributed by atoms with Gasteiger partial charge in [-0.3, -0.25) is 57.2 Å². The Bertz CT molecular complexity index is 2250. The normalized spacial score (nSPS) is 14.0. The number of nitrogens with two attached hydrogens (primary N) is 2. The van der Waals surface area contributed by atoms with Gasteiger partial charge in [-0.1, -0.05) is 46.8 Å². The Balaban J connectivity index is 2.20. The molecule has 0 unspecified atom stereocenters. The van der Waals surface area contributed by atoms with E-state index in [-0.39, 0.29) is 75.8 Å². The number of alkyl halides is 1. The number of imidazole rings is 1. The van der Waals surface area contributed by atoms with Crippen LogP contribution >= 0.6 is 0 Å². The highest BCUT2D eigenvalue weighted by atomic mass is 18.2. The third kappa shape index (κ3) is 24.7. The van der Waals surface area contributed by atoms with Gasteiger partial charge in [0, 0.05) is 37.5 Å². The lowest BCUT2D eigenvalue weighted by molar-refractivity contribution is -0.142. The maximum Gasteiger partial charge on any atom is 0.326 e. The van der Waals surface area contributed by atoms with Crippen molar-refractivity contribution in [3.63, 3.8) is 0 Å². The van der Waals surface area contributed by atoms with Crippen molar-refractivity contribution in [2.24, 2.45) is 34.2 Å². The lowest BCUT2D eigenvalue weighted by Crippen LogP contribution is -2.61. The summed E-state index contributed by atoms with van der Waals surface area (Å²) in [6.45, 7) is 10.6. The highest BCUT2D eigenvalue weighted by Gasteiger charge is 2.35. The smallest absolute Gasteiger partial charge is 0.326 e. The monoisotopic (exact) mass is 1060 g/mol. The number of aromatic amines is 1. The van der Waals surface area contributed by atoms with E-state index in [9.17, 15) is 62.5 Å². The Labute approximate surface area is 433 Å². The van der Waals surface area contributed by atoms with Gasteiger partial charge < -0.3 is 69.2 Å². The number of halogens is 1. The van der Waals surface area contributed by atoms with Crippen LogP contribution in [0.4, 0.5) is 4.39 Å². The predicted octanol–water partition coefficient (Wildman–Crippen LogP) is -2.57. The second-order valence-electron chi connectivity index (χ2n) is 19.0. The van der Waals surface area contributed by atoms with E-state index in [4.69, 9.17) is 11.5 Å². The molecule has 0 saturated carbocycles. The largest absolute Gasteiger partial charge is 0.481 e. The average Bonchev–Trinajstić information content (AvgIpc) is 4.02. The average molecular weight is 1060 g/mol. The molecule has 7 atom stereocenters. The van der Waals surface area contributed by atoms with Crippen LogP contribution in [0.2, 0.25) is 0 Å². The fraction of sp³-hybridized carbons (Fsp3) is 0.652. The van der Waals surface area contributed by atoms with E-state index in [0.29, 0.717) is 17.8 Å². The van der Waals surface area contributed by atoms with E-state index in [1.54, 1.807) is 47.7 Å². The Morgan fingerprint density at radius 3 is 1.85 bits per heavy atom. The zero-order valence-electron chi connectivity index (χ0n) is 43.4. The summed E-state index contributed by atoms with van der Waals surface area (Å²) in [7, 11) is 0. The maximum absolute atomic E-state index is 14.2. The van der Waals surface area contributed by atoms with Crippen LogP contribution in [0.1, 0.15) is 105 Å². The van der Waals surface area contributed by atoms with Crippen molar-refractivity contribution in [1.82, 2.24) is 67.5 Å². The van der Waals surface area contributed by atoms with Crippen LogP contribution in [0.15, 0.2) is 23.7 Å². The van der Waals surface area contributed by atoms with Gasteiger partial charge in [-0.15, -0.1) is 5.10 Å². The van der Waals surface area contributed by atoms with Crippen LogP contribution in [0.25, 0.3) is 0 Å². The molecule has 0 spiro atoms. The van der Waals surface area contributed by atoms with Gasteiger partial charge in [0.15, 0.2) is 5.96 Å². The molecule has 0 radical (unpaired) electrons. The molecule has 75 heavy (non-hydrogen) atoms. The molecule has 0 aliphatic heterocycles. The van der Waals surface area contributed by atoms with Crippen molar-refractivity contribution in [3.8, 4) is 0 Å². The zero-order chi connectivity index (χ0) is 56.4. The molecule has 2 rings (SSSR count). The van der Waals surface area contributed by atoms with Crippen molar-refractivity contribution in [2.75, 3.05) is 19.8 Å². The number of carbonyl (C=O) groups excluding carboxylic acids is 8. The number of aryl methyl sites for hydroxylation is 2. The van der Waals surface area contributed by atoms with Crippen molar-refractivity contribution in [1.29, 1.82) is 0 Å². The molecule has 8 amide bonds. The van der Waals surface area contributed by atoms with Gasteiger partial charge in [0.2, 0.25) is 47.3 Å². The first-order valence-electron chi connectivity index (χ1n) is 24.6. The SMILES string of the molecule is CC(C)C[C@H](NC(=O)[C@H](CC(=O)O)NC(=O)CNC(=O)[C@H](C)NC(=O)CCn1cc(CCC[18F])nn1)C(=O)N[C@@H](Cc1cnc[nH]1)C(=O)N[C@H](C(=O)N[C@@H](CC(C)C)C(=O)N[C@@H](CCCN=C(N)N)C(=O)O)C(C)C. The van der Waals surface area contributed by atoms with Crippen LogP contribution in [0, 0.1) is 17.8 Å².